The number of aromatic hydroxyl groups is 2. The molecular formula is C13H12N6O2. The Bertz CT molecular complexity index is 842. The molecule has 2 aromatic heterocycles. The summed E-state index contributed by atoms with van der Waals surface area (Å²) in [5.74, 6) is 0.625. The number of aromatic amines is 1. The minimum atomic E-state index is -0.104. The van der Waals surface area contributed by atoms with E-state index in [1.165, 1.54) is 6.33 Å². The predicted molar refractivity (Wildman–Crippen MR) is 76.5 cm³/mol. The Kier molecular flexibility index (Phi) is 2.90. The molecule has 3 rings (SSSR count). The van der Waals surface area contributed by atoms with Crippen LogP contribution in [0.15, 0.2) is 29.6 Å². The maximum absolute atomic E-state index is 9.71. The molecule has 2 heterocycles. The van der Waals surface area contributed by atoms with Crippen LogP contribution in [0.5, 0.6) is 11.8 Å². The van der Waals surface area contributed by atoms with Crippen molar-refractivity contribution in [2.24, 2.45) is 5.11 Å². The van der Waals surface area contributed by atoms with Gasteiger partial charge in [0.1, 0.15) is 12.1 Å². The van der Waals surface area contributed by atoms with Gasteiger partial charge in [-0.2, -0.15) is 0 Å². The van der Waals surface area contributed by atoms with E-state index >= 15 is 0 Å². The molecule has 1 aromatic carbocycles. The molecule has 106 valence electrons. The molecule has 0 saturated carbocycles. The van der Waals surface area contributed by atoms with Crippen LogP contribution in [-0.2, 0) is 0 Å². The van der Waals surface area contributed by atoms with Crippen LogP contribution >= 0.6 is 0 Å². The van der Waals surface area contributed by atoms with E-state index in [1.807, 2.05) is 0 Å². The third-order valence-electron chi connectivity index (χ3n) is 3.19. The number of fused-ring (bicyclic) bond motifs is 1. The summed E-state index contributed by atoms with van der Waals surface area (Å²) >= 11 is 0. The normalized spacial score (nSPS) is 10.7. The summed E-state index contributed by atoms with van der Waals surface area (Å²) in [6, 6.07) is 5.10. The molecule has 0 unspecified atom stereocenters. The first-order valence-electron chi connectivity index (χ1n) is 6.10. The Labute approximate surface area is 119 Å². The van der Waals surface area contributed by atoms with Gasteiger partial charge in [0.15, 0.2) is 17.6 Å². The van der Waals surface area contributed by atoms with Gasteiger partial charge in [0, 0.05) is 22.0 Å². The zero-order chi connectivity index (χ0) is 15.0. The number of aromatic nitrogens is 3. The highest BCUT2D eigenvalue weighted by molar-refractivity contribution is 5.95. The van der Waals surface area contributed by atoms with Gasteiger partial charge >= 0.3 is 0 Å². The standard InChI is InChI=1S/C13H12N6O2/c1-6-10(15-5-16-11(6)19-14)17-7-2-3-8-9(4-7)13(21)18-12(8)20/h2-5,14,18,20-21H,1H3,(H,15,16,17). The average molecular weight is 284 g/mol. The minimum Gasteiger partial charge on any atom is -0.494 e. The van der Waals surface area contributed by atoms with Crippen molar-refractivity contribution in [3.05, 3.63) is 30.1 Å². The number of hydrogen-bond donors (Lipinski definition) is 5. The first-order valence-corrected chi connectivity index (χ1v) is 6.10. The maximum Gasteiger partial charge on any atom is 0.199 e. The first-order chi connectivity index (χ1) is 10.1. The Morgan fingerprint density at radius 1 is 1.19 bits per heavy atom. The zero-order valence-corrected chi connectivity index (χ0v) is 11.0. The van der Waals surface area contributed by atoms with Crippen molar-refractivity contribution in [1.29, 1.82) is 5.53 Å². The molecule has 0 saturated heterocycles. The fourth-order valence-electron chi connectivity index (χ4n) is 2.09. The van der Waals surface area contributed by atoms with Crippen LogP contribution < -0.4 is 5.32 Å². The van der Waals surface area contributed by atoms with Gasteiger partial charge in [-0.05, 0) is 25.1 Å². The predicted octanol–water partition coefficient (Wildman–Crippen LogP) is 3.08. The molecule has 5 N–H and O–H groups in total. The second-order valence-electron chi connectivity index (χ2n) is 4.49. The van der Waals surface area contributed by atoms with Gasteiger partial charge in [0.2, 0.25) is 0 Å². The molecule has 21 heavy (non-hydrogen) atoms. The lowest BCUT2D eigenvalue weighted by Gasteiger charge is -2.09. The van der Waals surface area contributed by atoms with Crippen LogP contribution in [0, 0.1) is 12.5 Å². The molecule has 0 aliphatic rings. The van der Waals surface area contributed by atoms with Crippen LogP contribution in [0.1, 0.15) is 5.56 Å². The molecule has 0 aliphatic heterocycles. The Hall–Kier alpha value is -3.16. The topological polar surface area (TPSA) is 130 Å². The molecule has 0 atom stereocenters. The zero-order valence-electron chi connectivity index (χ0n) is 11.0. The molecule has 3 aromatic rings. The second kappa shape index (κ2) is 4.75. The summed E-state index contributed by atoms with van der Waals surface area (Å²) in [5.41, 5.74) is 8.36. The molecule has 0 bridgehead atoms. The van der Waals surface area contributed by atoms with Crippen LogP contribution in [0.3, 0.4) is 0 Å². The summed E-state index contributed by atoms with van der Waals surface area (Å²) in [6.07, 6.45) is 1.32. The lowest BCUT2D eigenvalue weighted by Crippen LogP contribution is -1.97. The second-order valence-corrected chi connectivity index (χ2v) is 4.49. The fourth-order valence-corrected chi connectivity index (χ4v) is 2.09. The Morgan fingerprint density at radius 2 is 1.95 bits per heavy atom. The number of anilines is 2. The van der Waals surface area contributed by atoms with Crippen molar-refractivity contribution in [2.75, 3.05) is 5.32 Å². The van der Waals surface area contributed by atoms with E-state index in [-0.39, 0.29) is 17.6 Å². The molecule has 0 radical (unpaired) electrons. The highest BCUT2D eigenvalue weighted by Crippen LogP contribution is 2.34. The summed E-state index contributed by atoms with van der Waals surface area (Å²) in [4.78, 5) is 10.4. The molecule has 8 nitrogen and oxygen atoms in total. The molecule has 8 heteroatoms. The van der Waals surface area contributed by atoms with E-state index in [1.54, 1.807) is 25.1 Å². The van der Waals surface area contributed by atoms with Gasteiger partial charge in [-0.15, -0.1) is 5.11 Å². The SMILES string of the molecule is Cc1c(N=N)ncnc1Nc1ccc2c(O)[nH]c(O)c2c1. The summed E-state index contributed by atoms with van der Waals surface area (Å²) in [5, 5.41) is 26.7. The summed E-state index contributed by atoms with van der Waals surface area (Å²) in [7, 11) is 0. The van der Waals surface area contributed by atoms with E-state index in [4.69, 9.17) is 5.53 Å². The van der Waals surface area contributed by atoms with Crippen molar-refractivity contribution in [3.63, 3.8) is 0 Å². The first kappa shape index (κ1) is 12.9. The number of hydrogen-bond acceptors (Lipinski definition) is 7. The number of nitrogens with one attached hydrogen (secondary N) is 3. The van der Waals surface area contributed by atoms with E-state index in [0.717, 1.165) is 0 Å². The smallest absolute Gasteiger partial charge is 0.199 e. The third kappa shape index (κ3) is 2.12. The molecule has 0 aliphatic carbocycles. The number of H-pyrrole nitrogens is 1. The van der Waals surface area contributed by atoms with Gasteiger partial charge in [-0.3, -0.25) is 4.98 Å². The van der Waals surface area contributed by atoms with E-state index in [0.29, 0.717) is 27.8 Å². The van der Waals surface area contributed by atoms with Gasteiger partial charge in [-0.1, -0.05) is 0 Å². The molecular weight excluding hydrogens is 272 g/mol. The van der Waals surface area contributed by atoms with Gasteiger partial charge < -0.3 is 15.5 Å². The average Bonchev–Trinajstić information content (AvgIpc) is 2.76. The van der Waals surface area contributed by atoms with Crippen LogP contribution in [0.2, 0.25) is 0 Å². The summed E-state index contributed by atoms with van der Waals surface area (Å²) in [6.45, 7) is 1.76. The van der Waals surface area contributed by atoms with E-state index in [2.05, 4.69) is 25.4 Å². The van der Waals surface area contributed by atoms with Crippen molar-refractivity contribution < 1.29 is 10.2 Å². The van der Waals surface area contributed by atoms with Crippen LogP contribution in [-0.4, -0.2) is 25.2 Å². The van der Waals surface area contributed by atoms with Gasteiger partial charge in [0.25, 0.3) is 0 Å². The van der Waals surface area contributed by atoms with Crippen molar-refractivity contribution in [3.8, 4) is 11.8 Å². The Morgan fingerprint density at radius 3 is 2.71 bits per heavy atom. The van der Waals surface area contributed by atoms with Crippen molar-refractivity contribution in [1.82, 2.24) is 15.0 Å². The lowest BCUT2D eigenvalue weighted by atomic mass is 10.2. The fraction of sp³-hybridized carbons (Fsp3) is 0.0769. The van der Waals surface area contributed by atoms with Gasteiger partial charge in [-0.25, -0.2) is 15.5 Å². The van der Waals surface area contributed by atoms with E-state index < -0.39 is 0 Å². The summed E-state index contributed by atoms with van der Waals surface area (Å²) < 4.78 is 0. The number of rotatable bonds is 3. The lowest BCUT2D eigenvalue weighted by molar-refractivity contribution is 0.429. The molecule has 0 fully saturated rings. The molecule has 0 amide bonds. The van der Waals surface area contributed by atoms with Crippen LogP contribution in [0.25, 0.3) is 10.8 Å². The monoisotopic (exact) mass is 284 g/mol. The number of nitrogens with zero attached hydrogens (tertiary/aromatic N) is 3. The highest BCUT2D eigenvalue weighted by atomic mass is 16.3. The quantitative estimate of drug-likeness (QED) is 0.472. The van der Waals surface area contributed by atoms with Crippen LogP contribution in [0.4, 0.5) is 17.3 Å². The molecule has 0 spiro atoms. The largest absolute Gasteiger partial charge is 0.494 e. The Balaban J connectivity index is 2.02. The number of benzene rings is 1. The van der Waals surface area contributed by atoms with Gasteiger partial charge in [0.05, 0.1) is 0 Å². The third-order valence-corrected chi connectivity index (χ3v) is 3.19. The van der Waals surface area contributed by atoms with Crippen molar-refractivity contribution in [2.45, 2.75) is 6.92 Å². The maximum atomic E-state index is 9.71. The van der Waals surface area contributed by atoms with Crippen molar-refractivity contribution >= 4 is 28.1 Å². The highest BCUT2D eigenvalue weighted by Gasteiger charge is 2.11. The van der Waals surface area contributed by atoms with E-state index in [9.17, 15) is 10.2 Å². The minimum absolute atomic E-state index is 0.0810.